The van der Waals surface area contributed by atoms with E-state index in [0.29, 0.717) is 51.9 Å². The van der Waals surface area contributed by atoms with Crippen molar-refractivity contribution in [2.24, 2.45) is 0 Å². The smallest absolute Gasteiger partial charge is 0.340 e. The molecular formula is C27H32N2O6. The summed E-state index contributed by atoms with van der Waals surface area (Å²) in [5, 5.41) is 0.753. The summed E-state index contributed by atoms with van der Waals surface area (Å²) in [7, 11) is 6.36. The largest absolute Gasteiger partial charge is 0.493 e. The molecule has 0 saturated carbocycles. The number of carbonyl (C=O) groups is 1. The Balaban J connectivity index is 2.07. The average Bonchev–Trinajstić information content (AvgIpc) is 3.39. The minimum atomic E-state index is -0.407. The molecule has 0 amide bonds. The summed E-state index contributed by atoms with van der Waals surface area (Å²) in [4.78, 5) is 20.7. The van der Waals surface area contributed by atoms with Gasteiger partial charge in [-0.1, -0.05) is 6.07 Å². The van der Waals surface area contributed by atoms with E-state index in [0.717, 1.165) is 36.9 Å². The molecule has 1 aliphatic heterocycles. The molecule has 0 aliphatic carbocycles. The van der Waals surface area contributed by atoms with Gasteiger partial charge in [0.25, 0.3) is 0 Å². The highest BCUT2D eigenvalue weighted by molar-refractivity contribution is 6.08. The fourth-order valence-electron chi connectivity index (χ4n) is 4.62. The van der Waals surface area contributed by atoms with E-state index in [1.807, 2.05) is 30.3 Å². The third-order valence-electron chi connectivity index (χ3n) is 6.29. The van der Waals surface area contributed by atoms with Crippen molar-refractivity contribution in [3.05, 3.63) is 41.6 Å². The lowest BCUT2D eigenvalue weighted by atomic mass is 9.93. The molecular weight excluding hydrogens is 448 g/mol. The predicted octanol–water partition coefficient (Wildman–Crippen LogP) is 4.71. The molecule has 8 nitrogen and oxygen atoms in total. The Morgan fingerprint density at radius 3 is 2.14 bits per heavy atom. The van der Waals surface area contributed by atoms with Gasteiger partial charge in [-0.2, -0.15) is 0 Å². The van der Waals surface area contributed by atoms with Gasteiger partial charge in [0.15, 0.2) is 23.0 Å². The van der Waals surface area contributed by atoms with Crippen molar-refractivity contribution < 1.29 is 28.5 Å². The lowest BCUT2D eigenvalue weighted by Gasteiger charge is -2.21. The molecule has 1 fully saturated rings. The second kappa shape index (κ2) is 10.8. The predicted molar refractivity (Wildman–Crippen MR) is 134 cm³/mol. The Hall–Kier alpha value is -3.52. The maximum atomic E-state index is 13.4. The van der Waals surface area contributed by atoms with Crippen molar-refractivity contribution in [2.75, 3.05) is 48.1 Å². The molecule has 1 aliphatic rings. The molecule has 2 aromatic carbocycles. The number of esters is 1. The van der Waals surface area contributed by atoms with Gasteiger partial charge < -0.3 is 23.7 Å². The quantitative estimate of drug-likeness (QED) is 0.408. The summed E-state index contributed by atoms with van der Waals surface area (Å²) >= 11 is 0. The van der Waals surface area contributed by atoms with Crippen molar-refractivity contribution in [3.63, 3.8) is 0 Å². The first kappa shape index (κ1) is 24.6. The van der Waals surface area contributed by atoms with E-state index in [4.69, 9.17) is 28.7 Å². The van der Waals surface area contributed by atoms with E-state index >= 15 is 0 Å². The second-order valence-electron chi connectivity index (χ2n) is 8.31. The van der Waals surface area contributed by atoms with Crippen LogP contribution >= 0.6 is 0 Å². The number of methoxy groups -OCH3 is 4. The van der Waals surface area contributed by atoms with Gasteiger partial charge in [-0.15, -0.1) is 0 Å². The van der Waals surface area contributed by atoms with Gasteiger partial charge in [-0.05, 0) is 56.6 Å². The van der Waals surface area contributed by atoms with E-state index in [1.165, 1.54) is 0 Å². The Morgan fingerprint density at radius 1 is 0.886 bits per heavy atom. The molecule has 35 heavy (non-hydrogen) atoms. The number of carbonyl (C=O) groups excluding carboxylic acids is 1. The van der Waals surface area contributed by atoms with Crippen molar-refractivity contribution in [1.82, 2.24) is 9.88 Å². The number of hydrogen-bond acceptors (Lipinski definition) is 8. The number of hydrogen-bond donors (Lipinski definition) is 0. The number of likely N-dealkylation sites (tertiary alicyclic amines) is 1. The summed E-state index contributed by atoms with van der Waals surface area (Å²) in [5.74, 6) is 1.87. The van der Waals surface area contributed by atoms with Crippen LogP contribution in [0.1, 0.15) is 35.8 Å². The standard InChI is InChI=1S/C27H32N2O6/c1-6-35-27(30)26-20(16-29-11-7-8-12-29)28-19-15-24(34-5)23(33-4)14-18(19)25(26)17-9-10-21(31-2)22(13-17)32-3/h9-10,13-15H,6-8,11-12,16H2,1-5H3. The van der Waals surface area contributed by atoms with E-state index in [2.05, 4.69) is 4.90 Å². The summed E-state index contributed by atoms with van der Waals surface area (Å²) in [6, 6.07) is 9.31. The molecule has 1 saturated heterocycles. The summed E-state index contributed by atoms with van der Waals surface area (Å²) in [6.45, 7) is 4.56. The van der Waals surface area contributed by atoms with Crippen LogP contribution in [0.3, 0.4) is 0 Å². The van der Waals surface area contributed by atoms with Crippen LogP contribution in [0.2, 0.25) is 0 Å². The van der Waals surface area contributed by atoms with Crippen LogP contribution in [-0.2, 0) is 11.3 Å². The Bertz CT molecular complexity index is 1220. The number of aromatic nitrogens is 1. The Kier molecular flexibility index (Phi) is 7.60. The van der Waals surface area contributed by atoms with Crippen LogP contribution < -0.4 is 18.9 Å². The van der Waals surface area contributed by atoms with Gasteiger partial charge in [0, 0.05) is 23.6 Å². The van der Waals surface area contributed by atoms with Crippen LogP contribution in [-0.4, -0.2) is 64.0 Å². The van der Waals surface area contributed by atoms with Gasteiger partial charge in [0.05, 0.1) is 51.8 Å². The third-order valence-corrected chi connectivity index (χ3v) is 6.29. The summed E-state index contributed by atoms with van der Waals surface area (Å²) < 4.78 is 27.7. The van der Waals surface area contributed by atoms with E-state index in [1.54, 1.807) is 35.4 Å². The molecule has 8 heteroatoms. The zero-order chi connectivity index (χ0) is 24.9. The minimum absolute atomic E-state index is 0.261. The second-order valence-corrected chi connectivity index (χ2v) is 8.31. The minimum Gasteiger partial charge on any atom is -0.493 e. The number of pyridine rings is 1. The van der Waals surface area contributed by atoms with Crippen molar-refractivity contribution in [2.45, 2.75) is 26.3 Å². The van der Waals surface area contributed by atoms with E-state index in [-0.39, 0.29) is 6.61 Å². The molecule has 0 bridgehead atoms. The molecule has 2 heterocycles. The summed E-state index contributed by atoms with van der Waals surface area (Å²) in [6.07, 6.45) is 2.27. The number of rotatable bonds is 9. The highest BCUT2D eigenvalue weighted by Gasteiger charge is 2.27. The highest BCUT2D eigenvalue weighted by Crippen LogP contribution is 2.42. The van der Waals surface area contributed by atoms with Gasteiger partial charge >= 0.3 is 5.97 Å². The molecule has 0 spiro atoms. The molecule has 0 unspecified atom stereocenters. The van der Waals surface area contributed by atoms with Crippen molar-refractivity contribution in [3.8, 4) is 34.1 Å². The number of nitrogens with zero attached hydrogens (tertiary/aromatic N) is 2. The van der Waals surface area contributed by atoms with E-state index in [9.17, 15) is 4.79 Å². The van der Waals surface area contributed by atoms with Gasteiger partial charge in [0.1, 0.15) is 0 Å². The van der Waals surface area contributed by atoms with Crippen LogP contribution in [0.15, 0.2) is 30.3 Å². The normalized spacial score (nSPS) is 13.6. The van der Waals surface area contributed by atoms with Crippen LogP contribution in [0.5, 0.6) is 23.0 Å². The topological polar surface area (TPSA) is 79.4 Å². The zero-order valence-corrected chi connectivity index (χ0v) is 21.0. The van der Waals surface area contributed by atoms with E-state index < -0.39 is 5.97 Å². The third kappa shape index (κ3) is 4.84. The van der Waals surface area contributed by atoms with Crippen LogP contribution in [0.4, 0.5) is 0 Å². The molecule has 186 valence electrons. The number of ether oxygens (including phenoxy) is 5. The van der Waals surface area contributed by atoms with Crippen molar-refractivity contribution >= 4 is 16.9 Å². The maximum absolute atomic E-state index is 13.4. The van der Waals surface area contributed by atoms with Crippen LogP contribution in [0, 0.1) is 0 Å². The lowest BCUT2D eigenvalue weighted by Crippen LogP contribution is -2.22. The van der Waals surface area contributed by atoms with Gasteiger partial charge in [-0.25, -0.2) is 4.79 Å². The van der Waals surface area contributed by atoms with Gasteiger partial charge in [-0.3, -0.25) is 9.88 Å². The average molecular weight is 481 g/mol. The maximum Gasteiger partial charge on any atom is 0.340 e. The Morgan fingerprint density at radius 2 is 1.51 bits per heavy atom. The highest BCUT2D eigenvalue weighted by atomic mass is 16.5. The van der Waals surface area contributed by atoms with Gasteiger partial charge in [0.2, 0.25) is 0 Å². The fourth-order valence-corrected chi connectivity index (χ4v) is 4.62. The molecule has 0 radical (unpaired) electrons. The zero-order valence-electron chi connectivity index (χ0n) is 21.0. The van der Waals surface area contributed by atoms with Crippen LogP contribution in [0.25, 0.3) is 22.0 Å². The SMILES string of the molecule is CCOC(=O)c1c(CN2CCCC2)nc2cc(OC)c(OC)cc2c1-c1ccc(OC)c(OC)c1. The molecule has 3 aromatic rings. The molecule has 0 N–H and O–H groups in total. The summed E-state index contributed by atoms with van der Waals surface area (Å²) in [5.41, 5.74) is 3.33. The lowest BCUT2D eigenvalue weighted by molar-refractivity contribution is 0.0524. The first-order valence-corrected chi connectivity index (χ1v) is 11.7. The first-order valence-electron chi connectivity index (χ1n) is 11.7. The molecule has 1 aromatic heterocycles. The Labute approximate surface area is 205 Å². The molecule has 0 atom stereocenters. The first-order chi connectivity index (χ1) is 17.0. The number of benzene rings is 2. The monoisotopic (exact) mass is 480 g/mol. The van der Waals surface area contributed by atoms with Crippen molar-refractivity contribution in [1.29, 1.82) is 0 Å². The fraction of sp³-hybridized carbons (Fsp3) is 0.407. The molecule has 4 rings (SSSR count). The number of fused-ring (bicyclic) bond motifs is 1.